The van der Waals surface area contributed by atoms with Gasteiger partial charge in [-0.15, -0.1) is 0 Å². The SMILES string of the molecule is CC(C)Oc1ccc(-c2nc(N3CCC[C@H](C)C3)c3ccccc3n2)cc1. The van der Waals surface area contributed by atoms with Crippen LogP contribution in [0, 0.1) is 5.92 Å². The first-order valence-electron chi connectivity index (χ1n) is 9.89. The molecule has 0 unspecified atom stereocenters. The number of nitrogens with zero attached hydrogens (tertiary/aromatic N) is 3. The summed E-state index contributed by atoms with van der Waals surface area (Å²) in [7, 11) is 0. The molecular weight excluding hydrogens is 334 g/mol. The van der Waals surface area contributed by atoms with Crippen molar-refractivity contribution in [2.24, 2.45) is 5.92 Å². The molecule has 0 N–H and O–H groups in total. The van der Waals surface area contributed by atoms with Crippen LogP contribution >= 0.6 is 0 Å². The lowest BCUT2D eigenvalue weighted by atomic mass is 10.00. The van der Waals surface area contributed by atoms with E-state index in [2.05, 4.69) is 30.0 Å². The van der Waals surface area contributed by atoms with Crippen molar-refractivity contribution in [3.05, 3.63) is 48.5 Å². The highest BCUT2D eigenvalue weighted by Gasteiger charge is 2.21. The van der Waals surface area contributed by atoms with Crippen molar-refractivity contribution in [2.75, 3.05) is 18.0 Å². The van der Waals surface area contributed by atoms with E-state index in [1.807, 2.05) is 44.2 Å². The Morgan fingerprint density at radius 3 is 2.56 bits per heavy atom. The maximum atomic E-state index is 5.76. The van der Waals surface area contributed by atoms with Crippen molar-refractivity contribution in [1.82, 2.24) is 9.97 Å². The van der Waals surface area contributed by atoms with E-state index in [0.717, 1.165) is 46.9 Å². The van der Waals surface area contributed by atoms with Crippen LogP contribution in [0.1, 0.15) is 33.6 Å². The van der Waals surface area contributed by atoms with Gasteiger partial charge in [-0.3, -0.25) is 0 Å². The zero-order chi connectivity index (χ0) is 18.8. The minimum Gasteiger partial charge on any atom is -0.491 e. The van der Waals surface area contributed by atoms with Gasteiger partial charge in [0.1, 0.15) is 11.6 Å². The van der Waals surface area contributed by atoms with Gasteiger partial charge in [0.25, 0.3) is 0 Å². The highest BCUT2D eigenvalue weighted by Crippen LogP contribution is 2.31. The first-order chi connectivity index (χ1) is 13.1. The van der Waals surface area contributed by atoms with Crippen LogP contribution in [0.2, 0.25) is 0 Å². The van der Waals surface area contributed by atoms with Gasteiger partial charge in [0.2, 0.25) is 0 Å². The van der Waals surface area contributed by atoms with Gasteiger partial charge in [0.15, 0.2) is 5.82 Å². The van der Waals surface area contributed by atoms with E-state index in [9.17, 15) is 0 Å². The number of hydrogen-bond acceptors (Lipinski definition) is 4. The molecule has 0 bridgehead atoms. The van der Waals surface area contributed by atoms with Crippen molar-refractivity contribution in [3.8, 4) is 17.1 Å². The minimum atomic E-state index is 0.167. The molecule has 0 radical (unpaired) electrons. The summed E-state index contributed by atoms with van der Waals surface area (Å²) in [6.07, 6.45) is 2.68. The molecule has 0 amide bonds. The molecule has 0 saturated carbocycles. The molecule has 4 heteroatoms. The van der Waals surface area contributed by atoms with Crippen LogP contribution in [0.15, 0.2) is 48.5 Å². The summed E-state index contributed by atoms with van der Waals surface area (Å²) < 4.78 is 5.76. The zero-order valence-corrected chi connectivity index (χ0v) is 16.4. The highest BCUT2D eigenvalue weighted by molar-refractivity contribution is 5.91. The van der Waals surface area contributed by atoms with E-state index >= 15 is 0 Å². The van der Waals surface area contributed by atoms with E-state index < -0.39 is 0 Å². The number of anilines is 1. The number of para-hydroxylation sites is 1. The van der Waals surface area contributed by atoms with Crippen LogP contribution in [0.25, 0.3) is 22.3 Å². The Morgan fingerprint density at radius 1 is 1.04 bits per heavy atom. The van der Waals surface area contributed by atoms with Gasteiger partial charge in [-0.25, -0.2) is 9.97 Å². The van der Waals surface area contributed by atoms with Gasteiger partial charge in [-0.2, -0.15) is 0 Å². The number of aromatic nitrogens is 2. The quantitative estimate of drug-likeness (QED) is 0.630. The second-order valence-electron chi connectivity index (χ2n) is 7.77. The Bertz CT molecular complexity index is 921. The van der Waals surface area contributed by atoms with Crippen LogP contribution in [0.4, 0.5) is 5.82 Å². The average Bonchev–Trinajstić information content (AvgIpc) is 2.67. The fourth-order valence-corrected chi connectivity index (χ4v) is 3.77. The molecule has 2 aromatic carbocycles. The van der Waals surface area contributed by atoms with Crippen molar-refractivity contribution in [3.63, 3.8) is 0 Å². The Morgan fingerprint density at radius 2 is 1.81 bits per heavy atom. The molecule has 4 rings (SSSR count). The van der Waals surface area contributed by atoms with Crippen LogP contribution in [-0.2, 0) is 0 Å². The fourth-order valence-electron chi connectivity index (χ4n) is 3.77. The third-order valence-corrected chi connectivity index (χ3v) is 5.02. The number of rotatable bonds is 4. The van der Waals surface area contributed by atoms with E-state index in [0.29, 0.717) is 5.92 Å². The largest absolute Gasteiger partial charge is 0.491 e. The molecule has 4 nitrogen and oxygen atoms in total. The second-order valence-corrected chi connectivity index (χ2v) is 7.77. The Balaban J connectivity index is 1.75. The van der Waals surface area contributed by atoms with Gasteiger partial charge in [0.05, 0.1) is 11.6 Å². The number of fused-ring (bicyclic) bond motifs is 1. The molecule has 1 aromatic heterocycles. The monoisotopic (exact) mass is 361 g/mol. The predicted octanol–water partition coefficient (Wildman–Crippen LogP) is 5.32. The van der Waals surface area contributed by atoms with Crippen molar-refractivity contribution in [1.29, 1.82) is 0 Å². The smallest absolute Gasteiger partial charge is 0.162 e. The molecule has 1 atom stereocenters. The molecule has 0 aliphatic carbocycles. The zero-order valence-electron chi connectivity index (χ0n) is 16.4. The third kappa shape index (κ3) is 3.90. The minimum absolute atomic E-state index is 0.167. The van der Waals surface area contributed by atoms with Gasteiger partial charge < -0.3 is 9.64 Å². The standard InChI is InChI=1S/C23H27N3O/c1-16(2)27-19-12-10-18(11-13-19)22-24-21-9-5-4-8-20(21)23(25-22)26-14-6-7-17(3)15-26/h4-5,8-13,16-17H,6-7,14-15H2,1-3H3/t17-/m0/s1. The number of piperidine rings is 1. The van der Waals surface area contributed by atoms with E-state index in [1.165, 1.54) is 12.8 Å². The maximum Gasteiger partial charge on any atom is 0.162 e. The predicted molar refractivity (Wildman–Crippen MR) is 111 cm³/mol. The summed E-state index contributed by atoms with van der Waals surface area (Å²) in [6.45, 7) is 8.51. The van der Waals surface area contributed by atoms with E-state index in [-0.39, 0.29) is 6.10 Å². The Hall–Kier alpha value is -2.62. The normalized spacial score (nSPS) is 17.5. The molecule has 1 aliphatic rings. The molecule has 140 valence electrons. The number of benzene rings is 2. The molecule has 1 aliphatic heterocycles. The van der Waals surface area contributed by atoms with Crippen LogP contribution < -0.4 is 9.64 Å². The van der Waals surface area contributed by atoms with E-state index in [1.54, 1.807) is 0 Å². The van der Waals surface area contributed by atoms with E-state index in [4.69, 9.17) is 14.7 Å². The van der Waals surface area contributed by atoms with Gasteiger partial charge in [-0.1, -0.05) is 19.1 Å². The molecular formula is C23H27N3O. The lowest BCUT2D eigenvalue weighted by molar-refractivity contribution is 0.242. The van der Waals surface area contributed by atoms with Crippen LogP contribution in [0.5, 0.6) is 5.75 Å². The summed E-state index contributed by atoms with van der Waals surface area (Å²) in [4.78, 5) is 12.3. The summed E-state index contributed by atoms with van der Waals surface area (Å²) >= 11 is 0. The number of ether oxygens (including phenoxy) is 1. The van der Waals surface area contributed by atoms with Gasteiger partial charge >= 0.3 is 0 Å². The summed E-state index contributed by atoms with van der Waals surface area (Å²) in [5.74, 6) is 3.41. The molecule has 2 heterocycles. The third-order valence-electron chi connectivity index (χ3n) is 5.02. The van der Waals surface area contributed by atoms with Gasteiger partial charge in [-0.05, 0) is 69.0 Å². The lowest BCUT2D eigenvalue weighted by Gasteiger charge is -2.32. The number of hydrogen-bond donors (Lipinski definition) is 0. The van der Waals surface area contributed by atoms with Gasteiger partial charge in [0, 0.05) is 24.0 Å². The van der Waals surface area contributed by atoms with Crippen molar-refractivity contribution < 1.29 is 4.74 Å². The first-order valence-corrected chi connectivity index (χ1v) is 9.89. The Labute approximate surface area is 161 Å². The van der Waals surface area contributed by atoms with Crippen LogP contribution in [0.3, 0.4) is 0 Å². The van der Waals surface area contributed by atoms with Crippen molar-refractivity contribution >= 4 is 16.7 Å². The average molecular weight is 361 g/mol. The Kier molecular flexibility index (Phi) is 4.97. The second kappa shape index (κ2) is 7.55. The van der Waals surface area contributed by atoms with Crippen LogP contribution in [-0.4, -0.2) is 29.2 Å². The van der Waals surface area contributed by atoms with Crippen molar-refractivity contribution in [2.45, 2.75) is 39.7 Å². The molecule has 3 aromatic rings. The maximum absolute atomic E-state index is 5.76. The topological polar surface area (TPSA) is 38.2 Å². The summed E-state index contributed by atoms with van der Waals surface area (Å²) in [5.41, 5.74) is 2.02. The molecule has 1 saturated heterocycles. The first kappa shape index (κ1) is 17.8. The fraction of sp³-hybridized carbons (Fsp3) is 0.391. The summed E-state index contributed by atoms with van der Waals surface area (Å²) in [6, 6.07) is 16.4. The summed E-state index contributed by atoms with van der Waals surface area (Å²) in [5, 5.41) is 1.13. The highest BCUT2D eigenvalue weighted by atomic mass is 16.5. The molecule has 1 fully saturated rings. The molecule has 27 heavy (non-hydrogen) atoms. The molecule has 0 spiro atoms. The lowest BCUT2D eigenvalue weighted by Crippen LogP contribution is -2.35.